The Morgan fingerprint density at radius 1 is 1.38 bits per heavy atom. The first kappa shape index (κ1) is 32.1. The number of hydrogen-bond acceptors (Lipinski definition) is 13. The van der Waals surface area contributed by atoms with E-state index in [1.807, 2.05) is 34.5 Å². The molecule has 238 valence electrons. The molecule has 2 aliphatic rings. The van der Waals surface area contributed by atoms with E-state index < -0.39 is 41.0 Å². The van der Waals surface area contributed by atoms with Gasteiger partial charge >= 0.3 is 17.6 Å². The molecule has 0 bridgehead atoms. The normalized spacial score (nSPS) is 18.9. The highest BCUT2D eigenvalue weighted by atomic mass is 35.5. The SMILES string of the molecule is CNCCCn1c(N)nc2c1ccc[n+]2CC1=C(C=O)N2C(=O)C(NC(=O)/C(=N\O[C@@H](C)C(=O)O)c3nc(N)sc3Cl)C2SC1. The molecule has 0 aliphatic carbocycles. The number of oxime groups is 1. The molecule has 3 aromatic rings. The van der Waals surface area contributed by atoms with Gasteiger partial charge in [0.05, 0.1) is 11.9 Å². The van der Waals surface area contributed by atoms with Crippen molar-refractivity contribution in [3.63, 3.8) is 0 Å². The fraction of sp³-hybridized carbons (Fsp3) is 0.385. The monoisotopic (exact) mass is 677 g/mol. The number of halogens is 1. The van der Waals surface area contributed by atoms with Gasteiger partial charge in [0.2, 0.25) is 6.10 Å². The largest absolute Gasteiger partial charge is 0.478 e. The van der Waals surface area contributed by atoms with E-state index in [0.29, 0.717) is 42.3 Å². The maximum absolute atomic E-state index is 13.3. The standard InChI is InChI=1S/C26H29ClN10O6S2/c1-12(24(41)42)43-34-17(16-19(27)45-26(29)32-16)21(39)31-18-22(40)37-15(10-38)13(11-44-23(18)37)9-35-7-3-5-14-20(35)33-25(28)36(14)8-4-6-30-2/h3,5,7,10,12,18,23,28,30H,4,6,8-9,11H2,1-2H3,(H4,29,31,32,39,41,42)/p+1/b34-17-/t12-,18?,23?/m0/s1. The Kier molecular flexibility index (Phi) is 9.56. The number of rotatable bonds is 13. The van der Waals surface area contributed by atoms with Crippen molar-refractivity contribution in [1.29, 1.82) is 0 Å². The summed E-state index contributed by atoms with van der Waals surface area (Å²) in [5, 5.41) is 18.0. The van der Waals surface area contributed by atoms with E-state index in [-0.39, 0.29) is 20.9 Å². The number of aryl methyl sites for hydroxylation is 1. The zero-order valence-corrected chi connectivity index (χ0v) is 26.5. The fourth-order valence-corrected chi connectivity index (χ4v) is 7.18. The molecular weight excluding hydrogens is 648 g/mol. The summed E-state index contributed by atoms with van der Waals surface area (Å²) in [5.74, 6) is -1.93. The number of amides is 2. The van der Waals surface area contributed by atoms with Gasteiger partial charge < -0.3 is 32.0 Å². The molecule has 0 saturated carbocycles. The quantitative estimate of drug-likeness (QED) is 0.0401. The summed E-state index contributed by atoms with van der Waals surface area (Å²) in [6.07, 6.45) is 1.95. The molecular formula is C26H30ClN10O6S2+. The lowest BCUT2D eigenvalue weighted by Crippen LogP contribution is -2.70. The number of nitrogens with zero attached hydrogens (tertiary/aromatic N) is 6. The molecule has 2 amide bonds. The van der Waals surface area contributed by atoms with Crippen LogP contribution in [0, 0.1) is 0 Å². The molecule has 3 atom stereocenters. The first-order valence-corrected chi connectivity index (χ1v) is 15.9. The number of β-lactam (4-membered cyclic amide) rings is 1. The number of thioether (sulfide) groups is 1. The number of nitrogen functional groups attached to an aromatic ring is 2. The summed E-state index contributed by atoms with van der Waals surface area (Å²) in [7, 11) is 1.88. The van der Waals surface area contributed by atoms with Crippen LogP contribution in [0.3, 0.4) is 0 Å². The Morgan fingerprint density at radius 3 is 2.82 bits per heavy atom. The lowest BCUT2D eigenvalue weighted by Gasteiger charge is -2.49. The number of carbonyl (C=O) groups is 4. The summed E-state index contributed by atoms with van der Waals surface area (Å²) in [4.78, 5) is 65.0. The number of pyridine rings is 1. The van der Waals surface area contributed by atoms with Crippen molar-refractivity contribution in [3.05, 3.63) is 39.6 Å². The summed E-state index contributed by atoms with van der Waals surface area (Å²) < 4.78 is 3.84. The number of allylic oxidation sites excluding steroid dienone is 1. The second kappa shape index (κ2) is 13.4. The van der Waals surface area contributed by atoms with Crippen LogP contribution in [0.15, 0.2) is 34.8 Å². The van der Waals surface area contributed by atoms with Crippen molar-refractivity contribution in [2.45, 2.75) is 44.0 Å². The smallest absolute Gasteiger partial charge is 0.351 e. The predicted octanol–water partition coefficient (Wildman–Crippen LogP) is -0.0455. The van der Waals surface area contributed by atoms with Crippen LogP contribution < -0.4 is 26.7 Å². The van der Waals surface area contributed by atoms with Crippen LogP contribution in [0.4, 0.5) is 11.1 Å². The van der Waals surface area contributed by atoms with Crippen LogP contribution in [0.1, 0.15) is 19.0 Å². The zero-order chi connectivity index (χ0) is 32.4. The molecule has 0 spiro atoms. The van der Waals surface area contributed by atoms with E-state index >= 15 is 0 Å². The Labute approximate surface area is 269 Å². The zero-order valence-electron chi connectivity index (χ0n) is 24.1. The third-order valence-corrected chi connectivity index (χ3v) is 9.58. The average Bonchev–Trinajstić information content (AvgIpc) is 3.52. The van der Waals surface area contributed by atoms with E-state index in [1.165, 1.54) is 23.6 Å². The van der Waals surface area contributed by atoms with Crippen molar-refractivity contribution in [2.24, 2.45) is 5.16 Å². The number of fused-ring (bicyclic) bond motifs is 2. The topological polar surface area (TPSA) is 224 Å². The van der Waals surface area contributed by atoms with Gasteiger partial charge in [-0.15, -0.1) is 11.8 Å². The molecule has 1 fully saturated rings. The highest BCUT2D eigenvalue weighted by Gasteiger charge is 2.53. The number of aldehydes is 1. The number of carboxylic acids is 1. The van der Waals surface area contributed by atoms with Gasteiger partial charge in [-0.25, -0.2) is 14.3 Å². The number of imidazole rings is 1. The predicted molar refractivity (Wildman–Crippen MR) is 167 cm³/mol. The first-order valence-electron chi connectivity index (χ1n) is 13.7. The Hall–Kier alpha value is -4.26. The van der Waals surface area contributed by atoms with Gasteiger partial charge in [0.1, 0.15) is 33.5 Å². The highest BCUT2D eigenvalue weighted by molar-refractivity contribution is 8.00. The van der Waals surface area contributed by atoms with Crippen molar-refractivity contribution in [3.8, 4) is 0 Å². The lowest BCUT2D eigenvalue weighted by atomic mass is 10.0. The third-order valence-electron chi connectivity index (χ3n) is 7.16. The van der Waals surface area contributed by atoms with Gasteiger partial charge in [-0.05, 0) is 44.1 Å². The van der Waals surface area contributed by atoms with Crippen LogP contribution in [0.2, 0.25) is 4.34 Å². The second-order valence-electron chi connectivity index (χ2n) is 10.1. The van der Waals surface area contributed by atoms with Crippen molar-refractivity contribution < 1.29 is 33.7 Å². The van der Waals surface area contributed by atoms with Gasteiger partial charge in [-0.2, -0.15) is 0 Å². The Bertz CT molecular complexity index is 1740. The summed E-state index contributed by atoms with van der Waals surface area (Å²) >= 11 is 8.44. The van der Waals surface area contributed by atoms with Gasteiger partial charge in [-0.3, -0.25) is 23.9 Å². The van der Waals surface area contributed by atoms with Gasteiger partial charge in [0, 0.05) is 17.9 Å². The number of hydrogen-bond donors (Lipinski definition) is 5. The van der Waals surface area contributed by atoms with E-state index in [2.05, 4.69) is 25.8 Å². The molecule has 0 aromatic carbocycles. The maximum atomic E-state index is 13.3. The van der Waals surface area contributed by atoms with E-state index in [9.17, 15) is 19.2 Å². The molecule has 7 N–H and O–H groups in total. The van der Waals surface area contributed by atoms with Gasteiger partial charge in [0.15, 0.2) is 17.1 Å². The van der Waals surface area contributed by atoms with Crippen LogP contribution in [0.5, 0.6) is 0 Å². The lowest BCUT2D eigenvalue weighted by molar-refractivity contribution is -0.664. The van der Waals surface area contributed by atoms with Crippen LogP contribution >= 0.6 is 34.7 Å². The number of aromatic nitrogens is 4. The molecule has 5 rings (SSSR count). The number of anilines is 2. The minimum Gasteiger partial charge on any atom is -0.478 e. The van der Waals surface area contributed by atoms with Gasteiger partial charge in [-0.1, -0.05) is 28.1 Å². The number of carboxylic acid groups (broad SMARTS) is 1. The number of nitrogens with one attached hydrogen (secondary N) is 2. The number of thiazole rings is 1. The molecule has 3 aromatic heterocycles. The summed E-state index contributed by atoms with van der Waals surface area (Å²) in [6.45, 7) is 3.02. The molecule has 2 aliphatic heterocycles. The highest BCUT2D eigenvalue weighted by Crippen LogP contribution is 2.40. The fourth-order valence-electron chi connectivity index (χ4n) is 4.90. The Morgan fingerprint density at radius 2 is 2.16 bits per heavy atom. The molecule has 1 saturated heterocycles. The van der Waals surface area contributed by atoms with Gasteiger partial charge in [0.25, 0.3) is 11.8 Å². The Balaban J connectivity index is 1.35. The van der Waals surface area contributed by atoms with Crippen molar-refractivity contribution in [2.75, 3.05) is 30.8 Å². The minimum absolute atomic E-state index is 0.0227. The van der Waals surface area contributed by atoms with Crippen LogP contribution in [-0.4, -0.2) is 91.2 Å². The molecule has 2 unspecified atom stereocenters. The molecule has 0 radical (unpaired) electrons. The first-order chi connectivity index (χ1) is 21.5. The van der Waals surface area contributed by atoms with Crippen LogP contribution in [0.25, 0.3) is 11.2 Å². The second-order valence-corrected chi connectivity index (χ2v) is 12.8. The minimum atomic E-state index is -1.39. The molecule has 19 heteroatoms. The molecule has 16 nitrogen and oxygen atoms in total. The van der Waals surface area contributed by atoms with Crippen molar-refractivity contribution >= 4 is 86.7 Å². The van der Waals surface area contributed by atoms with E-state index in [4.69, 9.17) is 33.0 Å². The molecule has 5 heterocycles. The summed E-state index contributed by atoms with van der Waals surface area (Å²) in [5.41, 5.74) is 13.8. The van der Waals surface area contributed by atoms with E-state index in [0.717, 1.165) is 29.8 Å². The number of carbonyl (C=O) groups excluding carboxylic acids is 3. The van der Waals surface area contributed by atoms with E-state index in [1.54, 1.807) is 0 Å². The molecule has 45 heavy (non-hydrogen) atoms. The number of nitrogens with two attached hydrogens (primary N) is 2. The maximum Gasteiger partial charge on any atom is 0.351 e. The summed E-state index contributed by atoms with van der Waals surface area (Å²) in [6, 6.07) is 2.79. The van der Waals surface area contributed by atoms with Crippen LogP contribution in [-0.2, 0) is 37.1 Å². The van der Waals surface area contributed by atoms with Crippen molar-refractivity contribution in [1.82, 2.24) is 30.1 Å². The average molecular weight is 678 g/mol. The third kappa shape index (κ3) is 6.31. The number of aliphatic carboxylic acids is 1.